The van der Waals surface area contributed by atoms with Gasteiger partial charge in [-0.1, -0.05) is 6.07 Å². The van der Waals surface area contributed by atoms with Crippen molar-refractivity contribution in [1.29, 1.82) is 0 Å². The third-order valence-electron chi connectivity index (χ3n) is 5.40. The van der Waals surface area contributed by atoms with Crippen molar-refractivity contribution < 1.29 is 14.0 Å². The van der Waals surface area contributed by atoms with Crippen LogP contribution in [0.3, 0.4) is 0 Å². The van der Waals surface area contributed by atoms with Crippen molar-refractivity contribution in [2.75, 3.05) is 18.4 Å². The Morgan fingerprint density at radius 2 is 1.96 bits per heavy atom. The smallest absolute Gasteiger partial charge is 0.263 e. The van der Waals surface area contributed by atoms with Crippen molar-refractivity contribution in [2.24, 2.45) is 5.92 Å². The van der Waals surface area contributed by atoms with E-state index in [-0.39, 0.29) is 23.5 Å². The standard InChI is InChI=1S/C21H23FN2O2S/c22-16-5-4-6-17(13-16)23-20(25)14-7-8-18-15(11-14)12-19(27-18)21(26)24-9-2-1-3-10-24/h4-6,12-14H,1-3,7-11H2,(H,23,25)/t14-/m1/s1. The van der Waals surface area contributed by atoms with Gasteiger partial charge in [0.1, 0.15) is 5.82 Å². The van der Waals surface area contributed by atoms with E-state index in [1.807, 2.05) is 11.0 Å². The molecule has 2 heterocycles. The molecule has 2 aromatic rings. The molecule has 1 aromatic carbocycles. The predicted molar refractivity (Wildman–Crippen MR) is 105 cm³/mol. The number of halogens is 1. The highest BCUT2D eigenvalue weighted by molar-refractivity contribution is 7.14. The number of hydrogen-bond donors (Lipinski definition) is 1. The molecular weight excluding hydrogens is 363 g/mol. The predicted octanol–water partition coefficient (Wildman–Crippen LogP) is 4.26. The van der Waals surface area contributed by atoms with Gasteiger partial charge in [0.25, 0.3) is 5.91 Å². The van der Waals surface area contributed by atoms with Crippen LogP contribution in [0.25, 0.3) is 0 Å². The van der Waals surface area contributed by atoms with E-state index in [4.69, 9.17) is 0 Å². The molecule has 2 amide bonds. The van der Waals surface area contributed by atoms with Crippen LogP contribution in [0.4, 0.5) is 10.1 Å². The molecule has 1 aromatic heterocycles. The van der Waals surface area contributed by atoms with Crippen LogP contribution in [-0.2, 0) is 17.6 Å². The molecule has 2 aliphatic rings. The molecular formula is C21H23FN2O2S. The zero-order valence-electron chi connectivity index (χ0n) is 15.2. The fourth-order valence-electron chi connectivity index (χ4n) is 3.92. The molecule has 4 rings (SSSR count). The number of hydrogen-bond acceptors (Lipinski definition) is 3. The monoisotopic (exact) mass is 386 g/mol. The van der Waals surface area contributed by atoms with Crippen LogP contribution in [0.15, 0.2) is 30.3 Å². The molecule has 6 heteroatoms. The number of aryl methyl sites for hydroxylation is 1. The number of rotatable bonds is 3. The Morgan fingerprint density at radius 3 is 2.74 bits per heavy atom. The number of thiophene rings is 1. The number of benzene rings is 1. The van der Waals surface area contributed by atoms with E-state index in [1.54, 1.807) is 23.5 Å². The minimum absolute atomic E-state index is 0.0821. The summed E-state index contributed by atoms with van der Waals surface area (Å²) in [6, 6.07) is 7.94. The molecule has 4 nitrogen and oxygen atoms in total. The average Bonchev–Trinajstić information content (AvgIpc) is 3.11. The fourth-order valence-corrected chi connectivity index (χ4v) is 5.09. The third kappa shape index (κ3) is 4.05. The summed E-state index contributed by atoms with van der Waals surface area (Å²) in [5.41, 5.74) is 1.60. The topological polar surface area (TPSA) is 49.4 Å². The first kappa shape index (κ1) is 18.2. The summed E-state index contributed by atoms with van der Waals surface area (Å²) < 4.78 is 13.3. The second kappa shape index (κ2) is 7.80. The highest BCUT2D eigenvalue weighted by Crippen LogP contribution is 2.34. The number of carbonyl (C=O) groups is 2. The van der Waals surface area contributed by atoms with Crippen molar-refractivity contribution in [2.45, 2.75) is 38.5 Å². The van der Waals surface area contributed by atoms with E-state index >= 15 is 0 Å². The van der Waals surface area contributed by atoms with Gasteiger partial charge in [0, 0.05) is 29.6 Å². The Hall–Kier alpha value is -2.21. The summed E-state index contributed by atoms with van der Waals surface area (Å²) in [4.78, 5) is 29.3. The number of nitrogens with zero attached hydrogens (tertiary/aromatic N) is 1. The SMILES string of the molecule is O=C(Nc1cccc(F)c1)[C@@H]1CCc2sc(C(=O)N3CCCCC3)cc2C1. The van der Waals surface area contributed by atoms with Crippen molar-refractivity contribution in [3.63, 3.8) is 0 Å². The number of likely N-dealkylation sites (tertiary alicyclic amines) is 1. The quantitative estimate of drug-likeness (QED) is 0.857. The molecule has 0 bridgehead atoms. The molecule has 142 valence electrons. The zero-order chi connectivity index (χ0) is 18.8. The molecule has 1 fully saturated rings. The van der Waals surface area contributed by atoms with Gasteiger partial charge >= 0.3 is 0 Å². The number of anilines is 1. The fraction of sp³-hybridized carbons (Fsp3) is 0.429. The number of fused-ring (bicyclic) bond motifs is 1. The van der Waals surface area contributed by atoms with E-state index in [0.29, 0.717) is 12.1 Å². The Labute approximate surface area is 162 Å². The second-order valence-corrected chi connectivity index (χ2v) is 8.49. The minimum atomic E-state index is -0.363. The molecule has 0 spiro atoms. The van der Waals surface area contributed by atoms with Gasteiger partial charge in [0.05, 0.1) is 4.88 Å². The lowest BCUT2D eigenvalue weighted by Crippen LogP contribution is -2.35. The van der Waals surface area contributed by atoms with E-state index < -0.39 is 0 Å². The molecule has 27 heavy (non-hydrogen) atoms. The molecule has 1 saturated heterocycles. The molecule has 1 N–H and O–H groups in total. The van der Waals surface area contributed by atoms with Crippen LogP contribution in [0.5, 0.6) is 0 Å². The minimum Gasteiger partial charge on any atom is -0.338 e. The van der Waals surface area contributed by atoms with E-state index in [9.17, 15) is 14.0 Å². The number of carbonyl (C=O) groups excluding carboxylic acids is 2. The lowest BCUT2D eigenvalue weighted by Gasteiger charge is -2.26. The Bertz CT molecular complexity index is 858. The van der Waals surface area contributed by atoms with Gasteiger partial charge in [0.15, 0.2) is 0 Å². The van der Waals surface area contributed by atoms with E-state index in [1.165, 1.54) is 23.4 Å². The average molecular weight is 386 g/mol. The van der Waals surface area contributed by atoms with Crippen LogP contribution < -0.4 is 5.32 Å². The van der Waals surface area contributed by atoms with Crippen LogP contribution >= 0.6 is 11.3 Å². The molecule has 1 aliphatic carbocycles. The van der Waals surface area contributed by atoms with Crippen LogP contribution in [0.2, 0.25) is 0 Å². The highest BCUT2D eigenvalue weighted by Gasteiger charge is 2.29. The molecule has 0 unspecified atom stereocenters. The van der Waals surface area contributed by atoms with Gasteiger partial charge in [0.2, 0.25) is 5.91 Å². The van der Waals surface area contributed by atoms with Crippen molar-refractivity contribution in [1.82, 2.24) is 4.90 Å². The lowest BCUT2D eigenvalue weighted by atomic mass is 9.87. The van der Waals surface area contributed by atoms with Gasteiger partial charge in [-0.25, -0.2) is 4.39 Å². The summed E-state index contributed by atoms with van der Waals surface area (Å²) in [6.07, 6.45) is 5.58. The van der Waals surface area contributed by atoms with Crippen LogP contribution in [0, 0.1) is 11.7 Å². The van der Waals surface area contributed by atoms with Gasteiger partial charge in [-0.15, -0.1) is 11.3 Å². The maximum absolute atomic E-state index is 13.3. The number of nitrogens with one attached hydrogen (secondary N) is 1. The van der Waals surface area contributed by atoms with Crippen molar-refractivity contribution in [3.05, 3.63) is 51.5 Å². The van der Waals surface area contributed by atoms with Gasteiger partial charge in [-0.05, 0) is 68.4 Å². The zero-order valence-corrected chi connectivity index (χ0v) is 16.0. The van der Waals surface area contributed by atoms with E-state index in [2.05, 4.69) is 5.32 Å². The van der Waals surface area contributed by atoms with Gasteiger partial charge in [-0.3, -0.25) is 9.59 Å². The Morgan fingerprint density at radius 1 is 1.15 bits per heavy atom. The van der Waals surface area contributed by atoms with Gasteiger partial charge in [-0.2, -0.15) is 0 Å². The maximum atomic E-state index is 13.3. The maximum Gasteiger partial charge on any atom is 0.263 e. The summed E-state index contributed by atoms with van der Waals surface area (Å²) in [7, 11) is 0. The number of piperidine rings is 1. The first-order valence-corrected chi connectivity index (χ1v) is 10.4. The summed E-state index contributed by atoms with van der Waals surface area (Å²) >= 11 is 1.58. The second-order valence-electron chi connectivity index (χ2n) is 7.35. The highest BCUT2D eigenvalue weighted by atomic mass is 32.1. The summed E-state index contributed by atoms with van der Waals surface area (Å²) in [6.45, 7) is 1.69. The van der Waals surface area contributed by atoms with Crippen molar-refractivity contribution in [3.8, 4) is 0 Å². The molecule has 0 radical (unpaired) electrons. The first-order chi connectivity index (χ1) is 13.1. The third-order valence-corrected chi connectivity index (χ3v) is 6.62. The van der Waals surface area contributed by atoms with E-state index in [0.717, 1.165) is 49.2 Å². The normalized spacial score (nSPS) is 19.4. The van der Waals surface area contributed by atoms with Crippen molar-refractivity contribution >= 4 is 28.8 Å². The van der Waals surface area contributed by atoms with Crippen LogP contribution in [-0.4, -0.2) is 29.8 Å². The summed E-state index contributed by atoms with van der Waals surface area (Å²) in [5.74, 6) is -0.457. The Kier molecular flexibility index (Phi) is 5.25. The Balaban J connectivity index is 1.43. The number of amides is 2. The molecule has 1 aliphatic heterocycles. The molecule has 0 saturated carbocycles. The first-order valence-electron chi connectivity index (χ1n) is 9.57. The lowest BCUT2D eigenvalue weighted by molar-refractivity contribution is -0.120. The largest absolute Gasteiger partial charge is 0.338 e. The molecule has 1 atom stereocenters. The summed E-state index contributed by atoms with van der Waals surface area (Å²) in [5, 5.41) is 2.81. The van der Waals surface area contributed by atoms with Gasteiger partial charge < -0.3 is 10.2 Å². The van der Waals surface area contributed by atoms with Crippen LogP contribution in [0.1, 0.15) is 45.8 Å².